The minimum atomic E-state index is -2.25. The van der Waals surface area contributed by atoms with E-state index in [1.807, 2.05) is 0 Å². The number of nitrogens with two attached hydrogens (primary N) is 1. The fourth-order valence-electron chi connectivity index (χ4n) is 1.84. The van der Waals surface area contributed by atoms with Crippen molar-refractivity contribution < 1.29 is 35.1 Å². The SMILES string of the molecule is CC(=O)C1(O)C[C@H](O)[C@@H](N)[C@H]([C@H](O)[C@H](O)CO)O1. The number of Topliss-reactive ketones (excluding diaryl/α,β-unsaturated/α-hetero) is 1. The molecule has 106 valence electrons. The van der Waals surface area contributed by atoms with Gasteiger partial charge in [-0.05, 0) is 0 Å². The van der Waals surface area contributed by atoms with Crippen LogP contribution in [0.4, 0.5) is 0 Å². The van der Waals surface area contributed by atoms with Gasteiger partial charge in [0.15, 0.2) is 5.78 Å². The Morgan fingerprint density at radius 2 is 2.11 bits per heavy atom. The van der Waals surface area contributed by atoms with E-state index in [0.29, 0.717) is 0 Å². The summed E-state index contributed by atoms with van der Waals surface area (Å²) in [4.78, 5) is 11.3. The standard InChI is InChI=1S/C10H19NO7/c1-4(13)10(17)2-5(14)7(11)9(18-10)8(16)6(15)3-12/h5-9,12,14-17H,2-3,11H2,1H3/t5-,6+,7+,8+,9+,10?/m0/s1. The third-order valence-corrected chi connectivity index (χ3v) is 3.11. The number of hydrogen-bond donors (Lipinski definition) is 6. The van der Waals surface area contributed by atoms with Crippen LogP contribution in [-0.4, -0.2) is 74.2 Å². The molecule has 1 aliphatic heterocycles. The van der Waals surface area contributed by atoms with Crippen LogP contribution in [0, 0.1) is 0 Å². The van der Waals surface area contributed by atoms with Crippen molar-refractivity contribution in [3.8, 4) is 0 Å². The van der Waals surface area contributed by atoms with Crippen LogP contribution in [0.25, 0.3) is 0 Å². The maximum absolute atomic E-state index is 11.3. The van der Waals surface area contributed by atoms with Crippen molar-refractivity contribution in [2.75, 3.05) is 6.61 Å². The smallest absolute Gasteiger partial charge is 0.229 e. The van der Waals surface area contributed by atoms with Gasteiger partial charge in [-0.2, -0.15) is 0 Å². The number of carbonyl (C=O) groups is 1. The van der Waals surface area contributed by atoms with E-state index in [1.165, 1.54) is 0 Å². The molecule has 1 heterocycles. The Morgan fingerprint density at radius 1 is 1.56 bits per heavy atom. The van der Waals surface area contributed by atoms with E-state index in [2.05, 4.69) is 0 Å². The third kappa shape index (κ3) is 2.86. The molecular formula is C10H19NO7. The number of ketones is 1. The average molecular weight is 265 g/mol. The summed E-state index contributed by atoms with van der Waals surface area (Å²) < 4.78 is 5.00. The molecule has 18 heavy (non-hydrogen) atoms. The number of ether oxygens (including phenoxy) is 1. The van der Waals surface area contributed by atoms with Gasteiger partial charge < -0.3 is 36.0 Å². The van der Waals surface area contributed by atoms with Crippen LogP contribution < -0.4 is 5.73 Å². The fraction of sp³-hybridized carbons (Fsp3) is 0.900. The molecule has 7 N–H and O–H groups in total. The van der Waals surface area contributed by atoms with Gasteiger partial charge in [-0.15, -0.1) is 0 Å². The molecule has 0 bridgehead atoms. The van der Waals surface area contributed by atoms with E-state index in [-0.39, 0.29) is 0 Å². The summed E-state index contributed by atoms with van der Waals surface area (Å²) in [7, 11) is 0. The van der Waals surface area contributed by atoms with Crippen molar-refractivity contribution in [2.24, 2.45) is 5.73 Å². The number of aliphatic hydroxyl groups is 5. The van der Waals surface area contributed by atoms with Crippen LogP contribution in [0.3, 0.4) is 0 Å². The lowest BCUT2D eigenvalue weighted by Gasteiger charge is -2.44. The van der Waals surface area contributed by atoms with Crippen molar-refractivity contribution >= 4 is 5.78 Å². The first kappa shape index (κ1) is 15.4. The molecule has 1 unspecified atom stereocenters. The predicted molar refractivity (Wildman–Crippen MR) is 58.2 cm³/mol. The molecule has 0 amide bonds. The largest absolute Gasteiger partial charge is 0.394 e. The molecule has 1 fully saturated rings. The molecule has 0 aromatic rings. The van der Waals surface area contributed by atoms with E-state index in [9.17, 15) is 25.2 Å². The van der Waals surface area contributed by atoms with Crippen LogP contribution >= 0.6 is 0 Å². The van der Waals surface area contributed by atoms with Crippen molar-refractivity contribution in [3.63, 3.8) is 0 Å². The van der Waals surface area contributed by atoms with Gasteiger partial charge in [-0.1, -0.05) is 0 Å². The van der Waals surface area contributed by atoms with Crippen LogP contribution in [-0.2, 0) is 9.53 Å². The summed E-state index contributed by atoms with van der Waals surface area (Å²) >= 11 is 0. The summed E-state index contributed by atoms with van der Waals surface area (Å²) in [5.74, 6) is -3.00. The Balaban J connectivity index is 2.92. The Kier molecular flexibility index (Phi) is 4.78. The average Bonchev–Trinajstić information content (AvgIpc) is 2.31. The normalized spacial score (nSPS) is 40.3. The Bertz CT molecular complexity index is 313. The minimum absolute atomic E-state index is 0.415. The summed E-state index contributed by atoms with van der Waals surface area (Å²) in [6, 6.07) is -1.10. The van der Waals surface area contributed by atoms with Gasteiger partial charge >= 0.3 is 0 Å². The molecular weight excluding hydrogens is 246 g/mol. The van der Waals surface area contributed by atoms with Crippen LogP contribution in [0.15, 0.2) is 0 Å². The summed E-state index contributed by atoms with van der Waals surface area (Å²) in [5.41, 5.74) is 5.59. The molecule has 0 saturated carbocycles. The van der Waals surface area contributed by atoms with E-state index in [1.54, 1.807) is 0 Å². The minimum Gasteiger partial charge on any atom is -0.394 e. The molecule has 0 aromatic heterocycles. The molecule has 0 spiro atoms. The van der Waals surface area contributed by atoms with E-state index in [0.717, 1.165) is 6.92 Å². The van der Waals surface area contributed by atoms with Crippen LogP contribution in [0.5, 0.6) is 0 Å². The first-order chi connectivity index (χ1) is 8.23. The summed E-state index contributed by atoms with van der Waals surface area (Å²) in [5, 5.41) is 47.3. The monoisotopic (exact) mass is 265 g/mol. The van der Waals surface area contributed by atoms with Gasteiger partial charge in [0, 0.05) is 13.3 Å². The highest BCUT2D eigenvalue weighted by molar-refractivity contribution is 5.83. The second-order valence-corrected chi connectivity index (χ2v) is 4.51. The van der Waals surface area contributed by atoms with Gasteiger partial charge in [0.1, 0.15) is 18.3 Å². The van der Waals surface area contributed by atoms with Crippen LogP contribution in [0.1, 0.15) is 13.3 Å². The second kappa shape index (κ2) is 5.57. The van der Waals surface area contributed by atoms with Crippen molar-refractivity contribution in [3.05, 3.63) is 0 Å². The quantitative estimate of drug-likeness (QED) is 0.305. The van der Waals surface area contributed by atoms with Crippen molar-refractivity contribution in [1.29, 1.82) is 0 Å². The van der Waals surface area contributed by atoms with E-state index >= 15 is 0 Å². The number of carbonyl (C=O) groups excluding carboxylic acids is 1. The lowest BCUT2D eigenvalue weighted by atomic mass is 9.88. The first-order valence-corrected chi connectivity index (χ1v) is 5.55. The second-order valence-electron chi connectivity index (χ2n) is 4.51. The molecule has 8 heteroatoms. The van der Waals surface area contributed by atoms with Gasteiger partial charge in [0.25, 0.3) is 0 Å². The third-order valence-electron chi connectivity index (χ3n) is 3.11. The molecule has 1 saturated heterocycles. The van der Waals surface area contributed by atoms with Crippen molar-refractivity contribution in [1.82, 2.24) is 0 Å². The zero-order valence-corrected chi connectivity index (χ0v) is 9.93. The molecule has 8 nitrogen and oxygen atoms in total. The Hall–Kier alpha value is -0.610. The number of rotatable bonds is 4. The first-order valence-electron chi connectivity index (χ1n) is 5.55. The Morgan fingerprint density at radius 3 is 2.56 bits per heavy atom. The zero-order valence-electron chi connectivity index (χ0n) is 9.93. The van der Waals surface area contributed by atoms with Gasteiger partial charge in [0.05, 0.1) is 18.8 Å². The zero-order chi connectivity index (χ0) is 14.1. The van der Waals surface area contributed by atoms with E-state index in [4.69, 9.17) is 15.6 Å². The maximum atomic E-state index is 11.3. The van der Waals surface area contributed by atoms with E-state index < -0.39 is 55.1 Å². The fourth-order valence-corrected chi connectivity index (χ4v) is 1.84. The topological polar surface area (TPSA) is 153 Å². The molecule has 1 aliphatic rings. The molecule has 0 radical (unpaired) electrons. The molecule has 0 aromatic carbocycles. The Labute approximate surface area is 104 Å². The number of aliphatic hydroxyl groups excluding tert-OH is 4. The predicted octanol–water partition coefficient (Wildman–Crippen LogP) is -3.54. The molecule has 0 aliphatic carbocycles. The van der Waals surface area contributed by atoms with Crippen molar-refractivity contribution in [2.45, 2.75) is 49.6 Å². The van der Waals surface area contributed by atoms with Gasteiger partial charge in [0.2, 0.25) is 5.79 Å². The van der Waals surface area contributed by atoms with Crippen LogP contribution in [0.2, 0.25) is 0 Å². The summed E-state index contributed by atoms with van der Waals surface area (Å²) in [6.45, 7) is 0.317. The number of hydrogen-bond acceptors (Lipinski definition) is 8. The van der Waals surface area contributed by atoms with Gasteiger partial charge in [-0.25, -0.2) is 0 Å². The molecule has 1 rings (SSSR count). The maximum Gasteiger partial charge on any atom is 0.229 e. The highest BCUT2D eigenvalue weighted by Crippen LogP contribution is 2.29. The molecule has 6 atom stereocenters. The highest BCUT2D eigenvalue weighted by atomic mass is 16.6. The summed E-state index contributed by atoms with van der Waals surface area (Å²) in [6.07, 6.45) is -6.25. The van der Waals surface area contributed by atoms with Gasteiger partial charge in [-0.3, -0.25) is 4.79 Å². The lowest BCUT2D eigenvalue weighted by molar-refractivity contribution is -0.282. The lowest BCUT2D eigenvalue weighted by Crippen LogP contribution is -2.65. The highest BCUT2D eigenvalue weighted by Gasteiger charge is 2.50.